The maximum atomic E-state index is 12.6. The van der Waals surface area contributed by atoms with E-state index in [0.29, 0.717) is 16.4 Å². The Kier molecular flexibility index (Phi) is 4.41. The minimum atomic E-state index is -0.873. The third kappa shape index (κ3) is 3.26. The fourth-order valence-electron chi connectivity index (χ4n) is 2.97. The van der Waals surface area contributed by atoms with E-state index in [-0.39, 0.29) is 18.4 Å². The molecule has 6 heteroatoms. The van der Waals surface area contributed by atoms with Crippen LogP contribution in [0.1, 0.15) is 26.0 Å². The highest BCUT2D eigenvalue weighted by Gasteiger charge is 2.40. The van der Waals surface area contributed by atoms with Gasteiger partial charge in [-0.05, 0) is 36.8 Å². The van der Waals surface area contributed by atoms with Gasteiger partial charge in [-0.3, -0.25) is 9.59 Å². The lowest BCUT2D eigenvalue weighted by Gasteiger charge is -2.16. The molecule has 2 atom stereocenters. The third-order valence-corrected chi connectivity index (χ3v) is 5.41. The molecule has 2 aromatic rings. The van der Waals surface area contributed by atoms with Gasteiger partial charge in [-0.2, -0.15) is 0 Å². The molecular formula is C17H16ClNO3S. The van der Waals surface area contributed by atoms with Crippen LogP contribution in [0.2, 0.25) is 5.02 Å². The van der Waals surface area contributed by atoms with Gasteiger partial charge in [-0.25, -0.2) is 0 Å². The summed E-state index contributed by atoms with van der Waals surface area (Å²) in [5.41, 5.74) is 0.902. The van der Waals surface area contributed by atoms with E-state index in [0.717, 1.165) is 10.4 Å². The van der Waals surface area contributed by atoms with Crippen molar-refractivity contribution < 1.29 is 14.7 Å². The van der Waals surface area contributed by atoms with Gasteiger partial charge in [-0.15, -0.1) is 11.3 Å². The summed E-state index contributed by atoms with van der Waals surface area (Å²) >= 11 is 7.33. The number of hydrogen-bond acceptors (Lipinski definition) is 3. The maximum Gasteiger partial charge on any atom is 0.308 e. The molecule has 0 bridgehead atoms. The summed E-state index contributed by atoms with van der Waals surface area (Å²) in [5.74, 6) is -1.77. The number of rotatable bonds is 3. The van der Waals surface area contributed by atoms with Crippen LogP contribution < -0.4 is 0 Å². The Morgan fingerprint density at radius 3 is 2.43 bits per heavy atom. The van der Waals surface area contributed by atoms with Crippen LogP contribution in [0, 0.1) is 12.8 Å². The summed E-state index contributed by atoms with van der Waals surface area (Å²) in [4.78, 5) is 27.5. The molecule has 1 fully saturated rings. The number of hydrogen-bond donors (Lipinski definition) is 1. The van der Waals surface area contributed by atoms with E-state index >= 15 is 0 Å². The van der Waals surface area contributed by atoms with Gasteiger partial charge in [0.25, 0.3) is 5.91 Å². The number of aryl methyl sites for hydroxylation is 1. The number of nitrogens with zero attached hydrogens (tertiary/aromatic N) is 1. The van der Waals surface area contributed by atoms with E-state index in [2.05, 4.69) is 0 Å². The number of aliphatic carboxylic acids is 1. The first-order chi connectivity index (χ1) is 11.0. The Morgan fingerprint density at radius 1 is 1.17 bits per heavy atom. The Bertz CT molecular complexity index is 741. The van der Waals surface area contributed by atoms with Crippen molar-refractivity contribution in [1.82, 2.24) is 4.90 Å². The van der Waals surface area contributed by atoms with E-state index in [4.69, 9.17) is 11.6 Å². The second-order valence-corrected chi connectivity index (χ2v) is 7.45. The normalized spacial score (nSPS) is 20.7. The summed E-state index contributed by atoms with van der Waals surface area (Å²) in [6.45, 7) is 2.59. The maximum absolute atomic E-state index is 12.6. The lowest BCUT2D eigenvalue weighted by atomic mass is 9.89. The number of amides is 1. The lowest BCUT2D eigenvalue weighted by molar-refractivity contribution is -0.141. The van der Waals surface area contributed by atoms with Crippen LogP contribution in [-0.4, -0.2) is 35.0 Å². The topological polar surface area (TPSA) is 57.6 Å². The number of carboxylic acid groups (broad SMARTS) is 1. The molecule has 0 saturated carbocycles. The summed E-state index contributed by atoms with van der Waals surface area (Å²) in [6.07, 6.45) is 0. The number of carbonyl (C=O) groups excluding carboxylic acids is 1. The number of thiophene rings is 1. The predicted molar refractivity (Wildman–Crippen MR) is 90.3 cm³/mol. The zero-order valence-electron chi connectivity index (χ0n) is 12.5. The Morgan fingerprint density at radius 2 is 1.87 bits per heavy atom. The molecule has 1 N–H and O–H groups in total. The van der Waals surface area contributed by atoms with Crippen molar-refractivity contribution in [2.24, 2.45) is 5.92 Å². The minimum Gasteiger partial charge on any atom is -0.481 e. The molecule has 1 saturated heterocycles. The van der Waals surface area contributed by atoms with Crippen LogP contribution in [0.5, 0.6) is 0 Å². The van der Waals surface area contributed by atoms with Crippen molar-refractivity contribution >= 4 is 34.8 Å². The average molecular weight is 350 g/mol. The Balaban J connectivity index is 1.85. The van der Waals surface area contributed by atoms with Crippen molar-refractivity contribution in [3.63, 3.8) is 0 Å². The standard InChI is InChI=1S/C17H16ClNO3S/c1-10-2-7-15(23-10)16(20)19-8-13(14(9-19)17(21)22)11-3-5-12(18)6-4-11/h2-7,13-14H,8-9H2,1H3,(H,21,22)/t13-,14+/m0/s1. The molecule has 1 aromatic carbocycles. The van der Waals surface area contributed by atoms with Crippen molar-refractivity contribution in [3.05, 3.63) is 56.7 Å². The SMILES string of the molecule is Cc1ccc(C(=O)N2C[C@@H](C(=O)O)[C@H](c3ccc(Cl)cc3)C2)s1. The quantitative estimate of drug-likeness (QED) is 0.920. The van der Waals surface area contributed by atoms with Gasteiger partial charge >= 0.3 is 5.97 Å². The fraction of sp³-hybridized carbons (Fsp3) is 0.294. The van der Waals surface area contributed by atoms with Crippen LogP contribution >= 0.6 is 22.9 Å². The number of benzene rings is 1. The van der Waals surface area contributed by atoms with Gasteiger partial charge in [0.15, 0.2) is 0 Å². The number of halogens is 1. The van der Waals surface area contributed by atoms with Gasteiger partial charge < -0.3 is 10.0 Å². The minimum absolute atomic E-state index is 0.0918. The van der Waals surface area contributed by atoms with E-state index in [9.17, 15) is 14.7 Å². The lowest BCUT2D eigenvalue weighted by Crippen LogP contribution is -2.29. The number of carbonyl (C=O) groups is 2. The molecule has 0 aliphatic carbocycles. The van der Waals surface area contributed by atoms with E-state index in [1.165, 1.54) is 11.3 Å². The molecule has 3 rings (SSSR count). The molecule has 1 aliphatic rings. The van der Waals surface area contributed by atoms with Gasteiger partial charge in [-0.1, -0.05) is 23.7 Å². The molecule has 1 aliphatic heterocycles. The van der Waals surface area contributed by atoms with Gasteiger partial charge in [0, 0.05) is 28.9 Å². The second kappa shape index (κ2) is 6.34. The molecule has 0 unspecified atom stereocenters. The highest BCUT2D eigenvalue weighted by molar-refractivity contribution is 7.13. The number of likely N-dealkylation sites (tertiary alicyclic amines) is 1. The van der Waals surface area contributed by atoms with Crippen molar-refractivity contribution in [2.45, 2.75) is 12.8 Å². The van der Waals surface area contributed by atoms with Crippen molar-refractivity contribution in [3.8, 4) is 0 Å². The molecule has 2 heterocycles. The molecule has 0 spiro atoms. The predicted octanol–water partition coefficient (Wildman–Crippen LogP) is 3.65. The van der Waals surface area contributed by atoms with E-state index < -0.39 is 11.9 Å². The second-order valence-electron chi connectivity index (χ2n) is 5.72. The Hall–Kier alpha value is -1.85. The first-order valence-corrected chi connectivity index (χ1v) is 8.49. The van der Waals surface area contributed by atoms with E-state index in [1.807, 2.05) is 25.1 Å². The smallest absolute Gasteiger partial charge is 0.308 e. The zero-order valence-corrected chi connectivity index (χ0v) is 14.1. The van der Waals surface area contributed by atoms with Gasteiger partial charge in [0.05, 0.1) is 10.8 Å². The molecule has 1 amide bonds. The molecule has 23 heavy (non-hydrogen) atoms. The van der Waals surface area contributed by atoms with Crippen LogP contribution in [0.15, 0.2) is 36.4 Å². The van der Waals surface area contributed by atoms with Crippen LogP contribution in [0.25, 0.3) is 0 Å². The number of carboxylic acids is 1. The monoisotopic (exact) mass is 349 g/mol. The largest absolute Gasteiger partial charge is 0.481 e. The highest BCUT2D eigenvalue weighted by atomic mass is 35.5. The summed E-state index contributed by atoms with van der Waals surface area (Å²) < 4.78 is 0. The van der Waals surface area contributed by atoms with Gasteiger partial charge in [0.1, 0.15) is 0 Å². The third-order valence-electron chi connectivity index (χ3n) is 4.17. The average Bonchev–Trinajstić information content (AvgIpc) is 3.14. The summed E-state index contributed by atoms with van der Waals surface area (Å²) in [5, 5.41) is 10.1. The first kappa shape index (κ1) is 16.0. The summed E-state index contributed by atoms with van der Waals surface area (Å²) in [6, 6.07) is 10.9. The molecule has 4 nitrogen and oxygen atoms in total. The summed E-state index contributed by atoms with van der Waals surface area (Å²) in [7, 11) is 0. The molecule has 1 aromatic heterocycles. The van der Waals surface area contributed by atoms with Crippen LogP contribution in [0.4, 0.5) is 0 Å². The van der Waals surface area contributed by atoms with Crippen molar-refractivity contribution in [1.29, 1.82) is 0 Å². The first-order valence-electron chi connectivity index (χ1n) is 7.29. The Labute approximate surface area is 143 Å². The van der Waals surface area contributed by atoms with Gasteiger partial charge in [0.2, 0.25) is 0 Å². The zero-order chi connectivity index (χ0) is 16.6. The fourth-order valence-corrected chi connectivity index (χ4v) is 3.93. The van der Waals surface area contributed by atoms with Crippen LogP contribution in [-0.2, 0) is 4.79 Å². The van der Waals surface area contributed by atoms with E-state index in [1.54, 1.807) is 23.1 Å². The molecule has 0 radical (unpaired) electrons. The molecule has 120 valence electrons. The van der Waals surface area contributed by atoms with Crippen molar-refractivity contribution in [2.75, 3.05) is 13.1 Å². The highest BCUT2D eigenvalue weighted by Crippen LogP contribution is 2.34. The van der Waals surface area contributed by atoms with Crippen LogP contribution in [0.3, 0.4) is 0 Å². The molecular weight excluding hydrogens is 334 g/mol.